The summed E-state index contributed by atoms with van der Waals surface area (Å²) in [7, 11) is -9.92. The zero-order valence-corrected chi connectivity index (χ0v) is 67.3. The van der Waals surface area contributed by atoms with E-state index >= 15 is 0 Å². The van der Waals surface area contributed by atoms with Crippen molar-refractivity contribution in [1.29, 1.82) is 0 Å². The molecular weight excluding hydrogens is 1310 g/mol. The van der Waals surface area contributed by atoms with Crippen LogP contribution in [-0.2, 0) is 65.4 Å². The number of carbonyl (C=O) groups is 4. The number of phosphoric ester groups is 2. The second-order valence-corrected chi connectivity index (χ2v) is 32.6. The van der Waals surface area contributed by atoms with Crippen LogP contribution in [0.2, 0.25) is 0 Å². The Balaban J connectivity index is 5.24. The lowest BCUT2D eigenvalue weighted by molar-refractivity contribution is -0.161. The number of unbranched alkanes of at least 4 members (excludes halogenated alkanes) is 48. The molecule has 0 radical (unpaired) electrons. The second-order valence-electron chi connectivity index (χ2n) is 29.6. The average Bonchev–Trinajstić information content (AvgIpc) is 1.00. The van der Waals surface area contributed by atoms with Crippen LogP contribution in [-0.4, -0.2) is 96.7 Å². The first-order valence-corrected chi connectivity index (χ1v) is 45.1. The number of ether oxygens (including phenoxy) is 4. The van der Waals surface area contributed by atoms with E-state index < -0.39 is 97.5 Å². The van der Waals surface area contributed by atoms with Crippen molar-refractivity contribution in [3.8, 4) is 0 Å². The highest BCUT2D eigenvalue weighted by atomic mass is 31.2. The first kappa shape index (κ1) is 98.1. The third-order valence-electron chi connectivity index (χ3n) is 19.7. The topological polar surface area (TPSA) is 237 Å². The van der Waals surface area contributed by atoms with Crippen molar-refractivity contribution in [3.63, 3.8) is 0 Å². The average molecular weight is 1470 g/mol. The van der Waals surface area contributed by atoms with Crippen LogP contribution in [0.1, 0.15) is 427 Å². The summed E-state index contributed by atoms with van der Waals surface area (Å²) in [6.07, 6.45) is 62.4. The molecule has 0 aromatic heterocycles. The van der Waals surface area contributed by atoms with Gasteiger partial charge in [0.05, 0.1) is 26.4 Å². The molecule has 0 aliphatic carbocycles. The molecule has 0 aliphatic heterocycles. The second kappa shape index (κ2) is 72.6. The number of carbonyl (C=O) groups excluding carboxylic acids is 4. The smallest absolute Gasteiger partial charge is 0.462 e. The van der Waals surface area contributed by atoms with Crippen molar-refractivity contribution < 1.29 is 80.2 Å². The number of hydrogen-bond donors (Lipinski definition) is 3. The normalized spacial score (nSPS) is 14.4. The summed E-state index contributed by atoms with van der Waals surface area (Å²) >= 11 is 0. The van der Waals surface area contributed by atoms with Crippen molar-refractivity contribution in [1.82, 2.24) is 0 Å². The number of aliphatic hydroxyl groups is 1. The van der Waals surface area contributed by atoms with Gasteiger partial charge in [-0.15, -0.1) is 0 Å². The molecule has 0 amide bonds. The predicted molar refractivity (Wildman–Crippen MR) is 409 cm³/mol. The Morgan fingerprint density at radius 2 is 0.480 bits per heavy atom. The molecule has 0 aliphatic rings. The van der Waals surface area contributed by atoms with Crippen molar-refractivity contribution in [3.05, 3.63) is 0 Å². The summed E-state index contributed by atoms with van der Waals surface area (Å²) in [4.78, 5) is 73.0. The molecule has 7 atom stereocenters. The zero-order chi connectivity index (χ0) is 73.5. The van der Waals surface area contributed by atoms with Crippen LogP contribution in [0.4, 0.5) is 0 Å². The molecule has 3 N–H and O–H groups in total. The van der Waals surface area contributed by atoms with Gasteiger partial charge in [-0.05, 0) is 37.5 Å². The third kappa shape index (κ3) is 71.7. The summed E-state index contributed by atoms with van der Waals surface area (Å²) in [6.45, 7) is 9.65. The number of phosphoric acid groups is 2. The SMILES string of the molecule is CCCCCCCCCCCCCCCCCCCCCC(=O)O[C@H](COC(=O)CCCCCCCCCCCCCCCCC(C)CC)COP(=O)(O)OC[C@@H](O)COP(=O)(O)OC[C@@H](COC(=O)CCCCCCCCC(C)CC)OC(=O)CCCCCCCCCCCCCCC. The van der Waals surface area contributed by atoms with Crippen molar-refractivity contribution >= 4 is 39.5 Å². The van der Waals surface area contributed by atoms with Crippen molar-refractivity contribution in [2.75, 3.05) is 39.6 Å². The van der Waals surface area contributed by atoms with E-state index in [0.717, 1.165) is 108 Å². The minimum atomic E-state index is -4.96. The Morgan fingerprint density at radius 3 is 0.710 bits per heavy atom. The third-order valence-corrected chi connectivity index (χ3v) is 21.6. The van der Waals surface area contributed by atoms with E-state index in [9.17, 15) is 43.2 Å². The summed E-state index contributed by atoms with van der Waals surface area (Å²) in [5.41, 5.74) is 0. The maximum atomic E-state index is 13.1. The fourth-order valence-corrected chi connectivity index (χ4v) is 14.1. The monoisotopic (exact) mass is 1470 g/mol. The van der Waals surface area contributed by atoms with E-state index in [1.807, 2.05) is 0 Å². The largest absolute Gasteiger partial charge is 0.472 e. The zero-order valence-electron chi connectivity index (χ0n) is 65.5. The minimum Gasteiger partial charge on any atom is -0.462 e. The Morgan fingerprint density at radius 1 is 0.280 bits per heavy atom. The number of rotatable bonds is 80. The Bertz CT molecular complexity index is 1930. The van der Waals surface area contributed by atoms with Crippen LogP contribution in [0, 0.1) is 11.8 Å². The molecule has 0 rings (SSSR count). The van der Waals surface area contributed by atoms with Gasteiger partial charge in [-0.25, -0.2) is 9.13 Å². The maximum Gasteiger partial charge on any atom is 0.472 e. The molecule has 19 heteroatoms. The molecule has 0 heterocycles. The van der Waals surface area contributed by atoms with E-state index in [2.05, 4.69) is 41.5 Å². The Labute approximate surface area is 613 Å². The van der Waals surface area contributed by atoms with Gasteiger partial charge < -0.3 is 33.8 Å². The van der Waals surface area contributed by atoms with Gasteiger partial charge in [-0.3, -0.25) is 37.3 Å². The van der Waals surface area contributed by atoms with Crippen LogP contribution in [0.3, 0.4) is 0 Å². The summed E-state index contributed by atoms with van der Waals surface area (Å²) in [5.74, 6) is -0.528. The van der Waals surface area contributed by atoms with E-state index in [0.29, 0.717) is 25.7 Å². The molecule has 17 nitrogen and oxygen atoms in total. The van der Waals surface area contributed by atoms with E-state index in [-0.39, 0.29) is 25.7 Å². The number of esters is 4. The minimum absolute atomic E-state index is 0.107. The predicted octanol–water partition coefficient (Wildman–Crippen LogP) is 24.3. The fraction of sp³-hybridized carbons (Fsp3) is 0.951. The molecule has 100 heavy (non-hydrogen) atoms. The molecule has 594 valence electrons. The van der Waals surface area contributed by atoms with Crippen LogP contribution < -0.4 is 0 Å². The van der Waals surface area contributed by atoms with E-state index in [4.69, 9.17) is 37.0 Å². The van der Waals surface area contributed by atoms with E-state index in [1.165, 1.54) is 238 Å². The molecule has 0 aromatic carbocycles. The van der Waals surface area contributed by atoms with E-state index in [1.54, 1.807) is 0 Å². The Kier molecular flexibility index (Phi) is 71.2. The van der Waals surface area contributed by atoms with Gasteiger partial charge in [0.25, 0.3) is 0 Å². The first-order valence-electron chi connectivity index (χ1n) is 42.1. The summed E-state index contributed by atoms with van der Waals surface area (Å²) in [6, 6.07) is 0. The van der Waals surface area contributed by atoms with Crippen molar-refractivity contribution in [2.45, 2.75) is 445 Å². The van der Waals surface area contributed by atoms with Gasteiger partial charge in [-0.1, -0.05) is 375 Å². The van der Waals surface area contributed by atoms with Gasteiger partial charge >= 0.3 is 39.5 Å². The lowest BCUT2D eigenvalue weighted by atomic mass is 9.99. The molecule has 0 saturated carbocycles. The van der Waals surface area contributed by atoms with Gasteiger partial charge in [-0.2, -0.15) is 0 Å². The molecule has 4 unspecified atom stereocenters. The number of hydrogen-bond acceptors (Lipinski definition) is 15. The highest BCUT2D eigenvalue weighted by Gasteiger charge is 2.30. The molecule has 0 spiro atoms. The van der Waals surface area contributed by atoms with Gasteiger partial charge in [0.15, 0.2) is 12.2 Å². The highest BCUT2D eigenvalue weighted by Crippen LogP contribution is 2.45. The van der Waals surface area contributed by atoms with Gasteiger partial charge in [0.1, 0.15) is 19.3 Å². The molecule has 0 saturated heterocycles. The highest BCUT2D eigenvalue weighted by molar-refractivity contribution is 7.47. The Hall–Kier alpha value is -1.94. The molecule has 0 fully saturated rings. The van der Waals surface area contributed by atoms with Crippen LogP contribution in [0.25, 0.3) is 0 Å². The summed E-state index contributed by atoms with van der Waals surface area (Å²) < 4.78 is 68.7. The number of aliphatic hydroxyl groups excluding tert-OH is 1. The van der Waals surface area contributed by atoms with Crippen LogP contribution >= 0.6 is 15.6 Å². The van der Waals surface area contributed by atoms with Crippen LogP contribution in [0.5, 0.6) is 0 Å². The quantitative estimate of drug-likeness (QED) is 0.0222. The van der Waals surface area contributed by atoms with Gasteiger partial charge in [0.2, 0.25) is 0 Å². The maximum absolute atomic E-state index is 13.1. The standard InChI is InChI=1S/C81H158O17P2/c1-7-11-13-15-17-19-21-23-24-25-26-27-28-34-38-42-46-54-60-66-80(85)97-76(69-91-78(83)63-57-51-44-40-36-33-30-29-32-35-39-43-49-55-61-73(5)9-3)71-95-99(87,88)93-67-75(82)68-94-100(89,90)96-72-77(70-92-79(84)64-58-52-48-47-50-56-62-74(6)10-4)98-81(86)65-59-53-45-41-37-31-22-20-18-16-14-12-8-2/h73-77,82H,7-72H2,1-6H3,(H,87,88)(H,89,90)/t73?,74?,75-,76-,77-/m1/s1. The van der Waals surface area contributed by atoms with Gasteiger partial charge in [0, 0.05) is 25.7 Å². The summed E-state index contributed by atoms with van der Waals surface area (Å²) in [5, 5.41) is 10.6. The molecular formula is C81H158O17P2. The first-order chi connectivity index (χ1) is 48.4. The molecule has 0 bridgehead atoms. The lowest BCUT2D eigenvalue weighted by Gasteiger charge is -2.21. The van der Waals surface area contributed by atoms with Crippen LogP contribution in [0.15, 0.2) is 0 Å². The fourth-order valence-electron chi connectivity index (χ4n) is 12.5. The molecule has 0 aromatic rings. The lowest BCUT2D eigenvalue weighted by Crippen LogP contribution is -2.30. The van der Waals surface area contributed by atoms with Crippen molar-refractivity contribution in [2.24, 2.45) is 11.8 Å².